The van der Waals surface area contributed by atoms with Crippen LogP contribution in [-0.2, 0) is 16.1 Å². The predicted octanol–water partition coefficient (Wildman–Crippen LogP) is 2.58. The molecule has 8 nitrogen and oxygen atoms in total. The van der Waals surface area contributed by atoms with Crippen molar-refractivity contribution in [2.45, 2.75) is 13.5 Å². The molecular formula is C21H25NO7. The van der Waals surface area contributed by atoms with Crippen molar-refractivity contribution >= 4 is 11.9 Å². The van der Waals surface area contributed by atoms with Gasteiger partial charge in [-0.1, -0.05) is 6.07 Å². The molecule has 1 amide bonds. The summed E-state index contributed by atoms with van der Waals surface area (Å²) in [5.41, 5.74) is 1.08. The van der Waals surface area contributed by atoms with Crippen LogP contribution >= 0.6 is 0 Å². The van der Waals surface area contributed by atoms with Gasteiger partial charge >= 0.3 is 5.97 Å². The second-order valence-corrected chi connectivity index (χ2v) is 5.84. The lowest BCUT2D eigenvalue weighted by molar-refractivity contribution is -0.124. The molecule has 0 aliphatic heterocycles. The Morgan fingerprint density at radius 2 is 1.52 bits per heavy atom. The Hall–Kier alpha value is -3.42. The van der Waals surface area contributed by atoms with Gasteiger partial charge < -0.3 is 29.0 Å². The van der Waals surface area contributed by atoms with Crippen LogP contribution in [-0.4, -0.2) is 46.4 Å². The SMILES string of the molecule is CCOc1ccc(C(=O)OCC(=O)NCc2ccc(OC)c(OC)c2)cc1OC. The first-order valence-electron chi connectivity index (χ1n) is 8.97. The molecule has 0 saturated heterocycles. The lowest BCUT2D eigenvalue weighted by Gasteiger charge is -2.11. The third-order valence-electron chi connectivity index (χ3n) is 3.97. The van der Waals surface area contributed by atoms with E-state index in [0.717, 1.165) is 5.56 Å². The van der Waals surface area contributed by atoms with Crippen molar-refractivity contribution in [1.29, 1.82) is 0 Å². The highest BCUT2D eigenvalue weighted by Crippen LogP contribution is 2.28. The Balaban J connectivity index is 1.88. The molecule has 0 aromatic heterocycles. The topological polar surface area (TPSA) is 92.3 Å². The molecule has 0 bridgehead atoms. The molecule has 2 aromatic rings. The number of esters is 1. The van der Waals surface area contributed by atoms with Crippen LogP contribution in [0.4, 0.5) is 0 Å². The Morgan fingerprint density at radius 1 is 0.862 bits per heavy atom. The summed E-state index contributed by atoms with van der Waals surface area (Å²) in [6, 6.07) is 10.00. The molecular weight excluding hydrogens is 378 g/mol. The molecule has 0 spiro atoms. The average molecular weight is 403 g/mol. The maximum atomic E-state index is 12.2. The van der Waals surface area contributed by atoms with Crippen LogP contribution in [0.5, 0.6) is 23.0 Å². The Morgan fingerprint density at radius 3 is 2.17 bits per heavy atom. The van der Waals surface area contributed by atoms with Crippen LogP contribution < -0.4 is 24.3 Å². The highest BCUT2D eigenvalue weighted by Gasteiger charge is 2.14. The zero-order valence-electron chi connectivity index (χ0n) is 16.9. The summed E-state index contributed by atoms with van der Waals surface area (Å²) < 4.78 is 26.1. The fourth-order valence-corrected chi connectivity index (χ4v) is 2.53. The third kappa shape index (κ3) is 6.03. The van der Waals surface area contributed by atoms with Gasteiger partial charge in [-0.2, -0.15) is 0 Å². The molecule has 156 valence electrons. The van der Waals surface area contributed by atoms with E-state index in [1.165, 1.54) is 20.3 Å². The second-order valence-electron chi connectivity index (χ2n) is 5.84. The molecule has 2 rings (SSSR count). The van der Waals surface area contributed by atoms with Crippen LogP contribution in [0.1, 0.15) is 22.8 Å². The number of hydrogen-bond acceptors (Lipinski definition) is 7. The number of nitrogens with one attached hydrogen (secondary N) is 1. The first-order chi connectivity index (χ1) is 14.0. The van der Waals surface area contributed by atoms with Gasteiger partial charge in [-0.25, -0.2) is 4.79 Å². The summed E-state index contributed by atoms with van der Waals surface area (Å²) in [6.45, 7) is 2.18. The van der Waals surface area contributed by atoms with Gasteiger partial charge in [-0.3, -0.25) is 4.79 Å². The van der Waals surface area contributed by atoms with Gasteiger partial charge in [0.15, 0.2) is 29.6 Å². The van der Waals surface area contributed by atoms with Gasteiger partial charge in [0.2, 0.25) is 0 Å². The summed E-state index contributed by atoms with van der Waals surface area (Å²) in [7, 11) is 4.57. The minimum atomic E-state index is -0.632. The van der Waals surface area contributed by atoms with E-state index in [0.29, 0.717) is 29.6 Å². The summed E-state index contributed by atoms with van der Waals surface area (Å²) >= 11 is 0. The molecule has 8 heteroatoms. The maximum absolute atomic E-state index is 12.2. The molecule has 0 aliphatic carbocycles. The van der Waals surface area contributed by atoms with E-state index in [1.807, 2.05) is 6.92 Å². The standard InChI is InChI=1S/C21H25NO7/c1-5-28-17-9-7-15(11-19(17)27-4)21(24)29-13-20(23)22-12-14-6-8-16(25-2)18(10-14)26-3/h6-11H,5,12-13H2,1-4H3,(H,22,23). The fraction of sp³-hybridized carbons (Fsp3) is 0.333. The summed E-state index contributed by atoms with van der Waals surface area (Å²) in [5, 5.41) is 2.69. The maximum Gasteiger partial charge on any atom is 0.338 e. The number of methoxy groups -OCH3 is 3. The van der Waals surface area contributed by atoms with Crippen molar-refractivity contribution in [1.82, 2.24) is 5.32 Å². The Kier molecular flexibility index (Phi) is 8.14. The predicted molar refractivity (Wildman–Crippen MR) is 106 cm³/mol. The van der Waals surface area contributed by atoms with Crippen LogP contribution in [0.3, 0.4) is 0 Å². The van der Waals surface area contributed by atoms with E-state index in [4.69, 9.17) is 23.7 Å². The van der Waals surface area contributed by atoms with Crippen LogP contribution in [0, 0.1) is 0 Å². The molecule has 0 radical (unpaired) electrons. The van der Waals surface area contributed by atoms with Crippen molar-refractivity contribution in [2.24, 2.45) is 0 Å². The van der Waals surface area contributed by atoms with Gasteiger partial charge in [-0.05, 0) is 42.8 Å². The first kappa shape index (κ1) is 21.9. The highest BCUT2D eigenvalue weighted by atomic mass is 16.5. The smallest absolute Gasteiger partial charge is 0.338 e. The highest BCUT2D eigenvalue weighted by molar-refractivity contribution is 5.92. The van der Waals surface area contributed by atoms with Crippen LogP contribution in [0.25, 0.3) is 0 Å². The lowest BCUT2D eigenvalue weighted by Crippen LogP contribution is -2.28. The van der Waals surface area contributed by atoms with Gasteiger partial charge in [0.05, 0.1) is 33.5 Å². The third-order valence-corrected chi connectivity index (χ3v) is 3.97. The van der Waals surface area contributed by atoms with Crippen molar-refractivity contribution in [3.05, 3.63) is 47.5 Å². The largest absolute Gasteiger partial charge is 0.493 e. The Labute approximate surface area is 169 Å². The Bertz CT molecular complexity index is 851. The normalized spacial score (nSPS) is 10.1. The van der Waals surface area contributed by atoms with Crippen molar-refractivity contribution in [3.63, 3.8) is 0 Å². The second kappa shape index (κ2) is 10.8. The number of ether oxygens (including phenoxy) is 5. The number of amides is 1. The number of rotatable bonds is 10. The number of hydrogen-bond donors (Lipinski definition) is 1. The van der Waals surface area contributed by atoms with Crippen LogP contribution in [0.15, 0.2) is 36.4 Å². The molecule has 0 heterocycles. The monoisotopic (exact) mass is 403 g/mol. The molecule has 29 heavy (non-hydrogen) atoms. The van der Waals surface area contributed by atoms with Crippen molar-refractivity contribution in [3.8, 4) is 23.0 Å². The minimum Gasteiger partial charge on any atom is -0.493 e. The quantitative estimate of drug-likeness (QED) is 0.610. The molecule has 2 aromatic carbocycles. The van der Waals surface area contributed by atoms with Crippen molar-refractivity contribution in [2.75, 3.05) is 34.5 Å². The first-order valence-corrected chi connectivity index (χ1v) is 8.97. The molecule has 0 fully saturated rings. The molecule has 0 unspecified atom stereocenters. The number of benzene rings is 2. The zero-order valence-corrected chi connectivity index (χ0v) is 16.9. The van der Waals surface area contributed by atoms with E-state index in [1.54, 1.807) is 37.4 Å². The molecule has 0 aliphatic rings. The van der Waals surface area contributed by atoms with E-state index < -0.39 is 18.5 Å². The lowest BCUT2D eigenvalue weighted by atomic mass is 10.2. The molecule has 0 saturated carbocycles. The van der Waals surface area contributed by atoms with Crippen LogP contribution in [0.2, 0.25) is 0 Å². The zero-order chi connectivity index (χ0) is 21.2. The summed E-state index contributed by atoms with van der Waals surface area (Å²) in [5.74, 6) is 1.05. The van der Waals surface area contributed by atoms with E-state index >= 15 is 0 Å². The van der Waals surface area contributed by atoms with Gasteiger partial charge in [-0.15, -0.1) is 0 Å². The minimum absolute atomic E-state index is 0.258. The van der Waals surface area contributed by atoms with Crippen molar-refractivity contribution < 1.29 is 33.3 Å². The van der Waals surface area contributed by atoms with E-state index in [9.17, 15) is 9.59 Å². The van der Waals surface area contributed by atoms with E-state index in [-0.39, 0.29) is 12.1 Å². The number of carbonyl (C=O) groups is 2. The molecule has 1 N–H and O–H groups in total. The summed E-state index contributed by atoms with van der Waals surface area (Å²) in [4.78, 5) is 24.2. The van der Waals surface area contributed by atoms with Gasteiger partial charge in [0.25, 0.3) is 5.91 Å². The number of carbonyl (C=O) groups excluding carboxylic acids is 2. The van der Waals surface area contributed by atoms with E-state index in [2.05, 4.69) is 5.32 Å². The summed E-state index contributed by atoms with van der Waals surface area (Å²) in [6.07, 6.45) is 0. The van der Waals surface area contributed by atoms with Gasteiger partial charge in [0, 0.05) is 6.54 Å². The average Bonchev–Trinajstić information content (AvgIpc) is 2.76. The fourth-order valence-electron chi connectivity index (χ4n) is 2.53. The van der Waals surface area contributed by atoms with Gasteiger partial charge in [0.1, 0.15) is 0 Å². The molecule has 0 atom stereocenters.